The molecule has 1 saturated carbocycles. The number of rotatable bonds is 6. The SMILES string of the molecule is O=C1CN(C(=O)NCCCN2C(=O)CCC2=O)CN1CC1CC1. The van der Waals surface area contributed by atoms with Crippen LogP contribution in [0.2, 0.25) is 0 Å². The molecule has 0 atom stereocenters. The standard InChI is InChI=1S/C15H22N4O4/c20-12-4-5-13(21)19(12)7-1-6-16-15(23)18-9-14(22)17(10-18)8-11-2-3-11/h11H,1-10H2,(H,16,23). The third kappa shape index (κ3) is 3.80. The lowest BCUT2D eigenvalue weighted by atomic mass is 10.4. The van der Waals surface area contributed by atoms with Crippen molar-refractivity contribution >= 4 is 23.8 Å². The van der Waals surface area contributed by atoms with Gasteiger partial charge in [-0.1, -0.05) is 0 Å². The smallest absolute Gasteiger partial charge is 0.319 e. The van der Waals surface area contributed by atoms with E-state index in [4.69, 9.17) is 0 Å². The highest BCUT2D eigenvalue weighted by molar-refractivity contribution is 6.01. The molecule has 0 radical (unpaired) electrons. The molecule has 3 aliphatic rings. The summed E-state index contributed by atoms with van der Waals surface area (Å²) in [5.41, 5.74) is 0. The van der Waals surface area contributed by atoms with Crippen molar-refractivity contribution in [1.29, 1.82) is 0 Å². The molecule has 8 heteroatoms. The third-order valence-electron chi connectivity index (χ3n) is 4.47. The van der Waals surface area contributed by atoms with Crippen molar-refractivity contribution < 1.29 is 19.2 Å². The molecule has 2 aliphatic heterocycles. The maximum Gasteiger partial charge on any atom is 0.319 e. The Morgan fingerprint density at radius 1 is 1.09 bits per heavy atom. The number of urea groups is 1. The summed E-state index contributed by atoms with van der Waals surface area (Å²) in [5, 5.41) is 2.75. The highest BCUT2D eigenvalue weighted by Gasteiger charge is 2.34. The highest BCUT2D eigenvalue weighted by Crippen LogP contribution is 2.30. The number of amides is 5. The molecule has 0 unspecified atom stereocenters. The Morgan fingerprint density at radius 3 is 2.43 bits per heavy atom. The van der Waals surface area contributed by atoms with Crippen LogP contribution in [0.25, 0.3) is 0 Å². The number of carbonyl (C=O) groups is 4. The first kappa shape index (κ1) is 15.8. The van der Waals surface area contributed by atoms with Gasteiger partial charge in [-0.05, 0) is 25.2 Å². The van der Waals surface area contributed by atoms with Crippen LogP contribution in [0.4, 0.5) is 4.79 Å². The van der Waals surface area contributed by atoms with Gasteiger partial charge in [0.1, 0.15) is 6.54 Å². The summed E-state index contributed by atoms with van der Waals surface area (Å²) in [6, 6.07) is -0.268. The van der Waals surface area contributed by atoms with Gasteiger partial charge in [0.05, 0.1) is 6.67 Å². The van der Waals surface area contributed by atoms with Gasteiger partial charge in [-0.2, -0.15) is 0 Å². The van der Waals surface area contributed by atoms with E-state index < -0.39 is 0 Å². The van der Waals surface area contributed by atoms with E-state index >= 15 is 0 Å². The molecule has 1 N–H and O–H groups in total. The van der Waals surface area contributed by atoms with E-state index in [1.165, 1.54) is 22.6 Å². The van der Waals surface area contributed by atoms with Gasteiger partial charge >= 0.3 is 6.03 Å². The normalized spacial score (nSPS) is 21.6. The molecule has 23 heavy (non-hydrogen) atoms. The average molecular weight is 322 g/mol. The molecule has 3 rings (SSSR count). The van der Waals surface area contributed by atoms with Crippen LogP contribution in [0.15, 0.2) is 0 Å². The summed E-state index contributed by atoms with van der Waals surface area (Å²) >= 11 is 0. The zero-order valence-electron chi connectivity index (χ0n) is 13.1. The highest BCUT2D eigenvalue weighted by atomic mass is 16.2. The zero-order chi connectivity index (χ0) is 16.4. The third-order valence-corrected chi connectivity index (χ3v) is 4.47. The minimum Gasteiger partial charge on any atom is -0.338 e. The van der Waals surface area contributed by atoms with E-state index in [9.17, 15) is 19.2 Å². The monoisotopic (exact) mass is 322 g/mol. The van der Waals surface area contributed by atoms with E-state index in [2.05, 4.69) is 5.32 Å². The summed E-state index contributed by atoms with van der Waals surface area (Å²) in [6.07, 6.45) is 3.44. The fourth-order valence-electron chi connectivity index (χ4n) is 2.92. The van der Waals surface area contributed by atoms with E-state index in [-0.39, 0.29) is 43.1 Å². The topological polar surface area (TPSA) is 90.0 Å². The van der Waals surface area contributed by atoms with Crippen molar-refractivity contribution in [3.63, 3.8) is 0 Å². The van der Waals surface area contributed by atoms with Gasteiger partial charge in [0.25, 0.3) is 0 Å². The Hall–Kier alpha value is -2.12. The number of nitrogens with zero attached hydrogens (tertiary/aromatic N) is 3. The van der Waals surface area contributed by atoms with Crippen molar-refractivity contribution in [2.75, 3.05) is 32.8 Å². The van der Waals surface area contributed by atoms with Crippen molar-refractivity contribution in [1.82, 2.24) is 20.0 Å². The molecule has 0 spiro atoms. The summed E-state index contributed by atoms with van der Waals surface area (Å²) in [4.78, 5) is 51.3. The first-order valence-electron chi connectivity index (χ1n) is 8.18. The predicted molar refractivity (Wildman–Crippen MR) is 80.0 cm³/mol. The van der Waals surface area contributed by atoms with Gasteiger partial charge in [-0.3, -0.25) is 24.2 Å². The molecular weight excluding hydrogens is 300 g/mol. The zero-order valence-corrected chi connectivity index (χ0v) is 13.1. The second-order valence-corrected chi connectivity index (χ2v) is 6.42. The molecule has 5 amide bonds. The van der Waals surface area contributed by atoms with E-state index in [1.807, 2.05) is 0 Å². The van der Waals surface area contributed by atoms with Crippen LogP contribution in [-0.4, -0.2) is 71.3 Å². The second-order valence-electron chi connectivity index (χ2n) is 6.42. The van der Waals surface area contributed by atoms with Gasteiger partial charge in [-0.25, -0.2) is 4.79 Å². The van der Waals surface area contributed by atoms with Crippen LogP contribution < -0.4 is 5.32 Å². The van der Waals surface area contributed by atoms with Crippen LogP contribution in [0.3, 0.4) is 0 Å². The molecule has 2 heterocycles. The lowest BCUT2D eigenvalue weighted by Gasteiger charge is -2.19. The van der Waals surface area contributed by atoms with E-state index in [0.29, 0.717) is 32.1 Å². The molecule has 0 aromatic heterocycles. The summed E-state index contributed by atoms with van der Waals surface area (Å²) in [6.45, 7) is 1.95. The molecule has 0 aromatic rings. The first-order chi connectivity index (χ1) is 11.0. The number of hydrogen-bond donors (Lipinski definition) is 1. The number of hydrogen-bond acceptors (Lipinski definition) is 4. The molecule has 1 aliphatic carbocycles. The lowest BCUT2D eigenvalue weighted by molar-refractivity contribution is -0.138. The van der Waals surface area contributed by atoms with Gasteiger partial charge in [0.15, 0.2) is 0 Å². The average Bonchev–Trinajstić information content (AvgIpc) is 3.18. The lowest BCUT2D eigenvalue weighted by Crippen LogP contribution is -2.41. The number of nitrogens with one attached hydrogen (secondary N) is 1. The van der Waals surface area contributed by atoms with Crippen molar-refractivity contribution in [3.8, 4) is 0 Å². The quantitative estimate of drug-likeness (QED) is 0.539. The summed E-state index contributed by atoms with van der Waals surface area (Å²) in [5.74, 6) is 0.335. The second kappa shape index (κ2) is 6.55. The van der Waals surface area contributed by atoms with Crippen LogP contribution in [0.1, 0.15) is 32.1 Å². The minimum absolute atomic E-state index is 0.000287. The van der Waals surface area contributed by atoms with Crippen molar-refractivity contribution in [2.24, 2.45) is 5.92 Å². The molecular formula is C15H22N4O4. The molecule has 2 saturated heterocycles. The van der Waals surface area contributed by atoms with Crippen molar-refractivity contribution in [3.05, 3.63) is 0 Å². The van der Waals surface area contributed by atoms with Crippen LogP contribution in [0.5, 0.6) is 0 Å². The maximum absolute atomic E-state index is 12.1. The van der Waals surface area contributed by atoms with E-state index in [0.717, 1.165) is 6.54 Å². The Morgan fingerprint density at radius 2 is 1.78 bits per heavy atom. The molecule has 126 valence electrons. The summed E-state index contributed by atoms with van der Waals surface area (Å²) in [7, 11) is 0. The Bertz CT molecular complexity index is 516. The minimum atomic E-state index is -0.268. The van der Waals surface area contributed by atoms with Gasteiger partial charge in [0, 0.05) is 32.5 Å². The van der Waals surface area contributed by atoms with E-state index in [1.54, 1.807) is 4.90 Å². The Labute approximate surface area is 134 Å². The number of likely N-dealkylation sites (tertiary alicyclic amines) is 1. The number of imide groups is 1. The van der Waals surface area contributed by atoms with Crippen LogP contribution in [-0.2, 0) is 14.4 Å². The molecule has 8 nitrogen and oxygen atoms in total. The van der Waals surface area contributed by atoms with Crippen LogP contribution >= 0.6 is 0 Å². The maximum atomic E-state index is 12.1. The van der Waals surface area contributed by atoms with Crippen molar-refractivity contribution in [2.45, 2.75) is 32.1 Å². The van der Waals surface area contributed by atoms with Gasteiger partial charge in [-0.15, -0.1) is 0 Å². The Kier molecular flexibility index (Phi) is 4.49. The van der Waals surface area contributed by atoms with Gasteiger partial charge < -0.3 is 10.2 Å². The fourth-order valence-corrected chi connectivity index (χ4v) is 2.92. The predicted octanol–water partition coefficient (Wildman–Crippen LogP) is -0.253. The Balaban J connectivity index is 1.35. The van der Waals surface area contributed by atoms with Gasteiger partial charge in [0.2, 0.25) is 17.7 Å². The molecule has 3 fully saturated rings. The largest absolute Gasteiger partial charge is 0.338 e. The molecule has 0 bridgehead atoms. The number of carbonyl (C=O) groups excluding carboxylic acids is 4. The first-order valence-corrected chi connectivity index (χ1v) is 8.18. The van der Waals surface area contributed by atoms with Crippen LogP contribution in [0, 0.1) is 5.92 Å². The fraction of sp³-hybridized carbons (Fsp3) is 0.733. The summed E-state index contributed by atoms with van der Waals surface area (Å²) < 4.78 is 0. The molecule has 0 aromatic carbocycles.